The van der Waals surface area contributed by atoms with Gasteiger partial charge < -0.3 is 14.3 Å². The number of nitrogens with zero attached hydrogens (tertiary/aromatic N) is 2. The summed E-state index contributed by atoms with van der Waals surface area (Å²) < 4.78 is 7.97. The fourth-order valence-electron chi connectivity index (χ4n) is 2.92. The first kappa shape index (κ1) is 15.6. The van der Waals surface area contributed by atoms with E-state index in [0.717, 1.165) is 37.3 Å². The molecule has 2 N–H and O–H groups in total. The molecule has 1 aliphatic heterocycles. The van der Waals surface area contributed by atoms with Gasteiger partial charge in [0.05, 0.1) is 12.3 Å². The molecule has 0 spiro atoms. The van der Waals surface area contributed by atoms with Crippen LogP contribution in [0.25, 0.3) is 0 Å². The van der Waals surface area contributed by atoms with E-state index in [1.807, 2.05) is 0 Å². The maximum atomic E-state index is 11.8. The smallest absolute Gasteiger partial charge is 0.287 e. The zero-order chi connectivity index (χ0) is 16.2. The van der Waals surface area contributed by atoms with Crippen molar-refractivity contribution in [3.8, 4) is 0 Å². The summed E-state index contributed by atoms with van der Waals surface area (Å²) in [6, 6.07) is 5.56. The van der Waals surface area contributed by atoms with Crippen molar-refractivity contribution in [2.75, 3.05) is 6.61 Å². The molecule has 1 amide bonds. The number of hydrogen-bond donors (Lipinski definition) is 2. The molecule has 23 heavy (non-hydrogen) atoms. The Balaban J connectivity index is 1.65. The summed E-state index contributed by atoms with van der Waals surface area (Å²) in [6.45, 7) is 5.89. The second kappa shape index (κ2) is 6.83. The summed E-state index contributed by atoms with van der Waals surface area (Å²) in [5.74, 6) is -0.251. The number of aromatic nitrogens is 2. The molecule has 0 saturated carbocycles. The van der Waals surface area contributed by atoms with Crippen molar-refractivity contribution in [2.45, 2.75) is 39.3 Å². The minimum absolute atomic E-state index is 0.251. The summed E-state index contributed by atoms with van der Waals surface area (Å²) in [6.07, 6.45) is 5.96. The number of rotatable bonds is 5. The van der Waals surface area contributed by atoms with Gasteiger partial charge in [0.1, 0.15) is 5.69 Å². The molecule has 1 saturated heterocycles. The topological polar surface area (TPSA) is 71.4 Å². The lowest BCUT2D eigenvalue weighted by Crippen LogP contribution is -2.18. The van der Waals surface area contributed by atoms with Gasteiger partial charge in [0, 0.05) is 36.3 Å². The van der Waals surface area contributed by atoms with Crippen molar-refractivity contribution < 1.29 is 9.53 Å². The van der Waals surface area contributed by atoms with E-state index in [4.69, 9.17) is 4.74 Å². The molecule has 3 heterocycles. The lowest BCUT2D eigenvalue weighted by atomic mass is 10.2. The van der Waals surface area contributed by atoms with Crippen LogP contribution in [0.3, 0.4) is 0 Å². The second-order valence-electron chi connectivity index (χ2n) is 5.86. The van der Waals surface area contributed by atoms with Crippen LogP contribution in [0.4, 0.5) is 0 Å². The van der Waals surface area contributed by atoms with Gasteiger partial charge in [-0.25, -0.2) is 5.43 Å². The summed E-state index contributed by atoms with van der Waals surface area (Å²) in [5.41, 5.74) is 6.34. The number of aromatic amines is 1. The molecule has 2 aromatic rings. The van der Waals surface area contributed by atoms with Crippen LogP contribution in [0.5, 0.6) is 0 Å². The zero-order valence-corrected chi connectivity index (χ0v) is 13.5. The first-order chi connectivity index (χ1) is 11.1. The lowest BCUT2D eigenvalue weighted by Gasteiger charge is -2.14. The van der Waals surface area contributed by atoms with Gasteiger partial charge in [0.15, 0.2) is 0 Å². The third-order valence-corrected chi connectivity index (χ3v) is 4.24. The van der Waals surface area contributed by atoms with E-state index in [-0.39, 0.29) is 5.91 Å². The number of amides is 1. The highest BCUT2D eigenvalue weighted by atomic mass is 16.5. The van der Waals surface area contributed by atoms with Crippen molar-refractivity contribution >= 4 is 12.1 Å². The first-order valence-electron chi connectivity index (χ1n) is 7.90. The summed E-state index contributed by atoms with van der Waals surface area (Å²) >= 11 is 0. The third-order valence-electron chi connectivity index (χ3n) is 4.24. The second-order valence-corrected chi connectivity index (χ2v) is 5.86. The molecule has 2 aromatic heterocycles. The average molecular weight is 314 g/mol. The molecule has 0 aliphatic carbocycles. The quantitative estimate of drug-likeness (QED) is 0.657. The Kier molecular flexibility index (Phi) is 4.62. The van der Waals surface area contributed by atoms with Gasteiger partial charge in [0.25, 0.3) is 5.91 Å². The molecule has 3 rings (SSSR count). The fourth-order valence-corrected chi connectivity index (χ4v) is 2.92. The molecule has 6 nitrogen and oxygen atoms in total. The number of hydrogen-bond acceptors (Lipinski definition) is 3. The lowest BCUT2D eigenvalue weighted by molar-refractivity contribution is 0.0950. The highest BCUT2D eigenvalue weighted by molar-refractivity contribution is 5.93. The molecular formula is C17H22N4O2. The predicted molar refractivity (Wildman–Crippen MR) is 88.7 cm³/mol. The van der Waals surface area contributed by atoms with Crippen molar-refractivity contribution in [1.82, 2.24) is 15.0 Å². The number of ether oxygens (including phenoxy) is 1. The predicted octanol–water partition coefficient (Wildman–Crippen LogP) is 2.38. The van der Waals surface area contributed by atoms with Crippen LogP contribution in [0.15, 0.2) is 29.5 Å². The van der Waals surface area contributed by atoms with E-state index in [0.29, 0.717) is 11.8 Å². The van der Waals surface area contributed by atoms with Gasteiger partial charge in [-0.3, -0.25) is 4.79 Å². The van der Waals surface area contributed by atoms with Gasteiger partial charge in [-0.15, -0.1) is 0 Å². The van der Waals surface area contributed by atoms with Gasteiger partial charge in [-0.05, 0) is 44.9 Å². The molecule has 1 aliphatic rings. The van der Waals surface area contributed by atoms with Crippen molar-refractivity contribution in [1.29, 1.82) is 0 Å². The molecule has 0 unspecified atom stereocenters. The largest absolute Gasteiger partial charge is 0.376 e. The Morgan fingerprint density at radius 1 is 1.57 bits per heavy atom. The third kappa shape index (κ3) is 3.53. The number of aryl methyl sites for hydroxylation is 1. The summed E-state index contributed by atoms with van der Waals surface area (Å²) in [5, 5.41) is 4.06. The van der Waals surface area contributed by atoms with Crippen molar-refractivity contribution in [3.63, 3.8) is 0 Å². The van der Waals surface area contributed by atoms with Gasteiger partial charge in [-0.2, -0.15) is 5.10 Å². The van der Waals surface area contributed by atoms with Crippen LogP contribution in [0, 0.1) is 13.8 Å². The van der Waals surface area contributed by atoms with Gasteiger partial charge in [-0.1, -0.05) is 0 Å². The SMILES string of the molecule is Cc1cc(/C=N\NC(=O)c2ccc[nH]2)c(C)n1C[C@@H]1CCCO1. The van der Waals surface area contributed by atoms with Crippen LogP contribution >= 0.6 is 0 Å². The minimum Gasteiger partial charge on any atom is -0.376 e. The molecule has 1 atom stereocenters. The number of nitrogens with one attached hydrogen (secondary N) is 2. The van der Waals surface area contributed by atoms with Crippen molar-refractivity contribution in [2.24, 2.45) is 5.10 Å². The minimum atomic E-state index is -0.251. The summed E-state index contributed by atoms with van der Waals surface area (Å²) in [4.78, 5) is 14.7. The number of carbonyl (C=O) groups is 1. The summed E-state index contributed by atoms with van der Waals surface area (Å²) in [7, 11) is 0. The van der Waals surface area contributed by atoms with Gasteiger partial charge in [0.2, 0.25) is 0 Å². The van der Waals surface area contributed by atoms with E-state index in [9.17, 15) is 4.79 Å². The highest BCUT2D eigenvalue weighted by Gasteiger charge is 2.18. The number of hydrazone groups is 1. The van der Waals surface area contributed by atoms with Gasteiger partial charge >= 0.3 is 0 Å². The maximum absolute atomic E-state index is 11.8. The first-order valence-corrected chi connectivity index (χ1v) is 7.90. The maximum Gasteiger partial charge on any atom is 0.287 e. The average Bonchev–Trinajstić information content (AvgIpc) is 3.26. The normalized spacial score (nSPS) is 17.9. The Labute approximate surface area is 135 Å². The van der Waals surface area contributed by atoms with Crippen LogP contribution < -0.4 is 5.43 Å². The zero-order valence-electron chi connectivity index (χ0n) is 13.5. The van der Waals surface area contributed by atoms with E-state index in [2.05, 4.69) is 40.0 Å². The van der Waals surface area contributed by atoms with Crippen LogP contribution in [0.1, 0.15) is 40.3 Å². The molecule has 0 radical (unpaired) electrons. The Morgan fingerprint density at radius 3 is 3.13 bits per heavy atom. The van der Waals surface area contributed by atoms with Crippen LogP contribution in [-0.2, 0) is 11.3 Å². The molecular weight excluding hydrogens is 292 g/mol. The monoisotopic (exact) mass is 314 g/mol. The molecule has 6 heteroatoms. The molecule has 1 fully saturated rings. The fraction of sp³-hybridized carbons (Fsp3) is 0.412. The van der Waals surface area contributed by atoms with E-state index in [1.165, 1.54) is 5.69 Å². The van der Waals surface area contributed by atoms with E-state index in [1.54, 1.807) is 24.5 Å². The van der Waals surface area contributed by atoms with Crippen LogP contribution in [0.2, 0.25) is 0 Å². The molecule has 0 bridgehead atoms. The Hall–Kier alpha value is -2.34. The molecule has 122 valence electrons. The highest BCUT2D eigenvalue weighted by Crippen LogP contribution is 2.19. The molecule has 0 aromatic carbocycles. The van der Waals surface area contributed by atoms with E-state index >= 15 is 0 Å². The Bertz CT molecular complexity index is 695. The number of H-pyrrole nitrogens is 1. The van der Waals surface area contributed by atoms with Crippen molar-refractivity contribution in [3.05, 3.63) is 47.0 Å². The van der Waals surface area contributed by atoms with Crippen LogP contribution in [-0.4, -0.2) is 34.4 Å². The Morgan fingerprint density at radius 2 is 2.43 bits per heavy atom. The number of carbonyl (C=O) groups excluding carboxylic acids is 1. The van der Waals surface area contributed by atoms with E-state index < -0.39 is 0 Å². The standard InChI is InChI=1S/C17H22N4O2/c1-12-9-14(10-19-20-17(22)16-6-3-7-18-16)13(2)21(12)11-15-5-4-8-23-15/h3,6-7,9-10,15,18H,4-5,8,11H2,1-2H3,(H,20,22)/b19-10-/t15-/m0/s1.